The second-order valence-corrected chi connectivity index (χ2v) is 5.99. The van der Waals surface area contributed by atoms with Gasteiger partial charge in [-0.25, -0.2) is 13.1 Å². The third kappa shape index (κ3) is 3.44. The van der Waals surface area contributed by atoms with Crippen LogP contribution < -0.4 is 4.72 Å². The van der Waals surface area contributed by atoms with E-state index in [1.54, 1.807) is 0 Å². The van der Waals surface area contributed by atoms with E-state index in [-0.39, 0.29) is 17.0 Å². The highest BCUT2D eigenvalue weighted by Gasteiger charge is 2.40. The van der Waals surface area contributed by atoms with Gasteiger partial charge in [0.15, 0.2) is 0 Å². The minimum atomic E-state index is -3.12. The minimum Gasteiger partial charge on any atom is -0.215 e. The molecule has 0 aromatic heterocycles. The van der Waals surface area contributed by atoms with Gasteiger partial charge in [-0.3, -0.25) is 0 Å². The summed E-state index contributed by atoms with van der Waals surface area (Å²) in [4.78, 5) is 0. The molecular weight excluding hydrogens is 210 g/mol. The van der Waals surface area contributed by atoms with Crippen molar-refractivity contribution in [3.8, 4) is 0 Å². The van der Waals surface area contributed by atoms with E-state index in [4.69, 9.17) is 11.6 Å². The molecule has 0 spiro atoms. The van der Waals surface area contributed by atoms with Gasteiger partial charge in [-0.15, -0.1) is 11.6 Å². The minimum absolute atomic E-state index is 0.0222. The lowest BCUT2D eigenvalue weighted by Gasteiger charge is -2.12. The van der Waals surface area contributed by atoms with E-state index in [1.807, 2.05) is 0 Å². The van der Waals surface area contributed by atoms with Crippen molar-refractivity contribution in [1.29, 1.82) is 0 Å². The molecule has 0 bridgehead atoms. The second kappa shape index (κ2) is 4.15. The molecule has 1 aliphatic rings. The van der Waals surface area contributed by atoms with Gasteiger partial charge in [0.2, 0.25) is 10.0 Å². The second-order valence-electron chi connectivity index (χ2n) is 3.68. The molecule has 1 saturated carbocycles. The van der Waals surface area contributed by atoms with Crippen molar-refractivity contribution in [2.45, 2.75) is 26.2 Å². The van der Waals surface area contributed by atoms with Crippen LogP contribution in [0, 0.1) is 5.41 Å². The zero-order chi connectivity index (χ0) is 9.95. The Balaban J connectivity index is 2.33. The first kappa shape index (κ1) is 11.3. The highest BCUT2D eigenvalue weighted by molar-refractivity contribution is 7.89. The molecule has 1 N–H and O–H groups in total. The van der Waals surface area contributed by atoms with E-state index in [9.17, 15) is 8.42 Å². The molecule has 0 unspecified atom stereocenters. The van der Waals surface area contributed by atoms with Crippen LogP contribution in [0.25, 0.3) is 0 Å². The topological polar surface area (TPSA) is 46.2 Å². The van der Waals surface area contributed by atoms with Crippen molar-refractivity contribution in [2.75, 3.05) is 18.2 Å². The van der Waals surface area contributed by atoms with Gasteiger partial charge in [0.05, 0.1) is 5.75 Å². The molecule has 5 heteroatoms. The predicted octanol–water partition coefficient (Wildman–Crippen LogP) is 1.33. The monoisotopic (exact) mass is 225 g/mol. The van der Waals surface area contributed by atoms with E-state index < -0.39 is 10.0 Å². The number of rotatable bonds is 6. The Morgan fingerprint density at radius 2 is 2.08 bits per heavy atom. The van der Waals surface area contributed by atoms with Crippen LogP contribution >= 0.6 is 11.6 Å². The largest absolute Gasteiger partial charge is 0.215 e. The molecule has 0 atom stereocenters. The summed E-state index contributed by atoms with van der Waals surface area (Å²) in [5.74, 6) is 0.183. The summed E-state index contributed by atoms with van der Waals surface area (Å²) < 4.78 is 25.1. The van der Waals surface area contributed by atoms with Crippen molar-refractivity contribution >= 4 is 21.6 Å². The Morgan fingerprint density at radius 1 is 1.46 bits per heavy atom. The van der Waals surface area contributed by atoms with E-state index in [0.29, 0.717) is 6.54 Å². The number of hydrogen-bond acceptors (Lipinski definition) is 2. The molecule has 0 radical (unpaired) electrons. The average Bonchev–Trinajstić information content (AvgIpc) is 2.82. The summed E-state index contributed by atoms with van der Waals surface area (Å²) in [6.45, 7) is 2.69. The van der Waals surface area contributed by atoms with Crippen molar-refractivity contribution in [2.24, 2.45) is 5.41 Å². The van der Waals surface area contributed by atoms with Crippen molar-refractivity contribution in [3.63, 3.8) is 0 Å². The Labute approximate surface area is 84.9 Å². The van der Waals surface area contributed by atoms with Crippen molar-refractivity contribution in [1.82, 2.24) is 4.72 Å². The maximum Gasteiger partial charge on any atom is 0.212 e. The number of sulfonamides is 1. The highest BCUT2D eigenvalue weighted by Crippen LogP contribution is 2.47. The fourth-order valence-electron chi connectivity index (χ4n) is 1.27. The Morgan fingerprint density at radius 3 is 2.46 bits per heavy atom. The van der Waals surface area contributed by atoms with Gasteiger partial charge in [0, 0.05) is 12.4 Å². The van der Waals surface area contributed by atoms with Crippen molar-refractivity contribution in [3.05, 3.63) is 0 Å². The van der Waals surface area contributed by atoms with Gasteiger partial charge in [0.1, 0.15) is 0 Å². The van der Waals surface area contributed by atoms with Gasteiger partial charge in [-0.05, 0) is 24.7 Å². The summed E-state index contributed by atoms with van der Waals surface area (Å²) in [5, 5.41) is 0. The van der Waals surface area contributed by atoms with Gasteiger partial charge in [-0.1, -0.05) is 6.92 Å². The maximum absolute atomic E-state index is 11.2. The van der Waals surface area contributed by atoms with Crippen LogP contribution in [0.15, 0.2) is 0 Å². The molecule has 1 fully saturated rings. The molecule has 0 amide bonds. The molecule has 13 heavy (non-hydrogen) atoms. The van der Waals surface area contributed by atoms with Crippen LogP contribution in [0.2, 0.25) is 0 Å². The lowest BCUT2D eigenvalue weighted by Crippen LogP contribution is -2.32. The molecule has 0 aromatic carbocycles. The Bertz CT molecular complexity index is 259. The number of hydrogen-bond donors (Lipinski definition) is 1. The summed E-state index contributed by atoms with van der Waals surface area (Å²) in [6, 6.07) is 0. The van der Waals surface area contributed by atoms with Crippen LogP contribution in [0.5, 0.6) is 0 Å². The molecule has 0 aliphatic heterocycles. The molecule has 0 aromatic rings. The zero-order valence-electron chi connectivity index (χ0n) is 7.85. The van der Waals surface area contributed by atoms with Crippen LogP contribution in [0.4, 0.5) is 0 Å². The fraction of sp³-hybridized carbons (Fsp3) is 1.00. The number of nitrogens with one attached hydrogen (secondary N) is 1. The van der Waals surface area contributed by atoms with Crippen molar-refractivity contribution < 1.29 is 8.42 Å². The molecule has 78 valence electrons. The van der Waals surface area contributed by atoms with E-state index in [2.05, 4.69) is 11.6 Å². The first-order valence-corrected chi connectivity index (χ1v) is 6.76. The SMILES string of the molecule is CCC1(CNS(=O)(=O)CCCl)CC1. The van der Waals surface area contributed by atoms with E-state index in [0.717, 1.165) is 19.3 Å². The molecule has 1 rings (SSSR count). The fourth-order valence-corrected chi connectivity index (χ4v) is 2.75. The van der Waals surface area contributed by atoms with Gasteiger partial charge < -0.3 is 0 Å². The standard InChI is InChI=1S/C8H16ClNO2S/c1-2-8(3-4-8)7-10-13(11,12)6-5-9/h10H,2-7H2,1H3. The maximum atomic E-state index is 11.2. The van der Waals surface area contributed by atoms with E-state index >= 15 is 0 Å². The normalized spacial score (nSPS) is 20.2. The van der Waals surface area contributed by atoms with Crippen LogP contribution in [-0.4, -0.2) is 26.6 Å². The quantitative estimate of drug-likeness (QED) is 0.694. The summed E-state index contributed by atoms with van der Waals surface area (Å²) in [5.41, 5.74) is 0.263. The third-order valence-corrected chi connectivity index (χ3v) is 4.46. The molecule has 0 saturated heterocycles. The first-order chi connectivity index (χ1) is 6.04. The Hall–Kier alpha value is 0.200. The number of halogens is 1. The lowest BCUT2D eigenvalue weighted by atomic mass is 10.1. The Kier molecular flexibility index (Phi) is 3.60. The van der Waals surface area contributed by atoms with Gasteiger partial charge in [-0.2, -0.15) is 0 Å². The zero-order valence-corrected chi connectivity index (χ0v) is 9.42. The predicted molar refractivity (Wildman–Crippen MR) is 54.5 cm³/mol. The molecular formula is C8H16ClNO2S. The smallest absolute Gasteiger partial charge is 0.212 e. The van der Waals surface area contributed by atoms with Crippen LogP contribution in [0.1, 0.15) is 26.2 Å². The van der Waals surface area contributed by atoms with Gasteiger partial charge >= 0.3 is 0 Å². The highest BCUT2D eigenvalue weighted by atomic mass is 35.5. The van der Waals surface area contributed by atoms with Crippen LogP contribution in [-0.2, 0) is 10.0 Å². The van der Waals surface area contributed by atoms with E-state index in [1.165, 1.54) is 0 Å². The average molecular weight is 226 g/mol. The first-order valence-electron chi connectivity index (χ1n) is 4.57. The molecule has 0 heterocycles. The molecule has 3 nitrogen and oxygen atoms in total. The molecule has 1 aliphatic carbocycles. The lowest BCUT2D eigenvalue weighted by molar-refractivity contribution is 0.476. The van der Waals surface area contributed by atoms with Gasteiger partial charge in [0.25, 0.3) is 0 Å². The summed E-state index contributed by atoms with van der Waals surface area (Å²) in [7, 11) is -3.12. The summed E-state index contributed by atoms with van der Waals surface area (Å²) in [6.07, 6.45) is 3.34. The third-order valence-electron chi connectivity index (χ3n) is 2.72. The number of alkyl halides is 1. The van der Waals surface area contributed by atoms with Crippen LogP contribution in [0.3, 0.4) is 0 Å². The summed E-state index contributed by atoms with van der Waals surface area (Å²) >= 11 is 5.37.